The van der Waals surface area contributed by atoms with Crippen LogP contribution in [0, 0.1) is 5.92 Å². The zero-order valence-corrected chi connectivity index (χ0v) is 12.6. The van der Waals surface area contributed by atoms with Crippen LogP contribution in [0.1, 0.15) is 23.3 Å². The molecule has 2 aromatic rings. The van der Waals surface area contributed by atoms with Gasteiger partial charge < -0.3 is 5.32 Å². The fraction of sp³-hybridized carbons (Fsp3) is 0.538. The van der Waals surface area contributed by atoms with E-state index in [9.17, 15) is 0 Å². The van der Waals surface area contributed by atoms with Gasteiger partial charge in [0.25, 0.3) is 0 Å². The van der Waals surface area contributed by atoms with Gasteiger partial charge in [0.2, 0.25) is 0 Å². The van der Waals surface area contributed by atoms with Crippen LogP contribution in [-0.4, -0.2) is 20.8 Å². The molecule has 2 heterocycles. The van der Waals surface area contributed by atoms with E-state index in [-0.39, 0.29) is 0 Å². The highest BCUT2D eigenvalue weighted by Gasteiger charge is 2.51. The number of fused-ring (bicyclic) bond motifs is 3. The molecule has 2 aromatic heterocycles. The SMILES string of the molecule is ClC1(Cl)C[C@H]1CNc1ncnc2sc3c(c12)CCC3. The number of alkyl halides is 2. The smallest absolute Gasteiger partial charge is 0.138 e. The minimum Gasteiger partial charge on any atom is -0.369 e. The van der Waals surface area contributed by atoms with E-state index in [0.717, 1.165) is 30.0 Å². The Kier molecular flexibility index (Phi) is 2.70. The summed E-state index contributed by atoms with van der Waals surface area (Å²) in [7, 11) is 0. The topological polar surface area (TPSA) is 37.8 Å². The van der Waals surface area contributed by atoms with Crippen molar-refractivity contribution in [3.8, 4) is 0 Å². The van der Waals surface area contributed by atoms with Crippen LogP contribution in [0.5, 0.6) is 0 Å². The van der Waals surface area contributed by atoms with E-state index >= 15 is 0 Å². The molecule has 19 heavy (non-hydrogen) atoms. The van der Waals surface area contributed by atoms with Crippen LogP contribution in [0.3, 0.4) is 0 Å². The first kappa shape index (κ1) is 12.2. The van der Waals surface area contributed by atoms with Crippen molar-refractivity contribution in [2.24, 2.45) is 5.92 Å². The van der Waals surface area contributed by atoms with Gasteiger partial charge in [-0.05, 0) is 31.2 Å². The predicted octanol–water partition coefficient (Wildman–Crippen LogP) is 3.79. The monoisotopic (exact) mass is 313 g/mol. The average Bonchev–Trinajstić information content (AvgIpc) is 2.76. The molecule has 2 aliphatic rings. The second-order valence-electron chi connectivity index (χ2n) is 5.30. The van der Waals surface area contributed by atoms with Gasteiger partial charge in [0.1, 0.15) is 21.3 Å². The summed E-state index contributed by atoms with van der Waals surface area (Å²) in [6, 6.07) is 0. The molecule has 1 atom stereocenters. The lowest BCUT2D eigenvalue weighted by atomic mass is 10.2. The molecule has 4 rings (SSSR count). The summed E-state index contributed by atoms with van der Waals surface area (Å²) >= 11 is 13.9. The van der Waals surface area contributed by atoms with Crippen LogP contribution >= 0.6 is 34.5 Å². The number of aryl methyl sites for hydroxylation is 2. The summed E-state index contributed by atoms with van der Waals surface area (Å²) in [6.45, 7) is 0.781. The van der Waals surface area contributed by atoms with Crippen molar-refractivity contribution in [3.05, 3.63) is 16.8 Å². The Labute approximate surface area is 125 Å². The van der Waals surface area contributed by atoms with Gasteiger partial charge in [-0.25, -0.2) is 9.97 Å². The Morgan fingerprint density at radius 1 is 1.37 bits per heavy atom. The quantitative estimate of drug-likeness (QED) is 0.876. The third-order valence-corrected chi connectivity index (χ3v) is 6.10. The Morgan fingerprint density at radius 2 is 2.21 bits per heavy atom. The van der Waals surface area contributed by atoms with Crippen molar-refractivity contribution >= 4 is 50.6 Å². The summed E-state index contributed by atoms with van der Waals surface area (Å²) in [5.74, 6) is 1.27. The Bertz CT molecular complexity index is 653. The maximum atomic E-state index is 6.06. The summed E-state index contributed by atoms with van der Waals surface area (Å²) < 4.78 is -0.532. The highest BCUT2D eigenvalue weighted by Crippen LogP contribution is 2.53. The molecular formula is C13H13Cl2N3S. The van der Waals surface area contributed by atoms with Gasteiger partial charge in [-0.2, -0.15) is 0 Å². The standard InChI is InChI=1S/C13H13Cl2N3S/c14-13(15)4-7(13)5-16-11-10-8-2-1-3-9(8)19-12(10)18-6-17-11/h6-7H,1-5H2,(H,16,17,18)/t7-/m0/s1. The van der Waals surface area contributed by atoms with E-state index in [1.807, 2.05) is 0 Å². The Balaban J connectivity index is 1.66. The molecule has 1 saturated carbocycles. The van der Waals surface area contributed by atoms with Crippen LogP contribution in [-0.2, 0) is 12.8 Å². The number of halogens is 2. The number of nitrogens with zero attached hydrogens (tertiary/aromatic N) is 2. The number of hydrogen-bond acceptors (Lipinski definition) is 4. The first-order valence-corrected chi connectivity index (χ1v) is 8.09. The molecule has 0 spiro atoms. The molecule has 0 unspecified atom stereocenters. The molecule has 0 amide bonds. The highest BCUT2D eigenvalue weighted by molar-refractivity contribution is 7.19. The molecule has 100 valence electrons. The van der Waals surface area contributed by atoms with Gasteiger partial charge in [-0.1, -0.05) is 0 Å². The van der Waals surface area contributed by atoms with Gasteiger partial charge in [0.15, 0.2) is 0 Å². The molecule has 0 aromatic carbocycles. The molecule has 1 N–H and O–H groups in total. The summed E-state index contributed by atoms with van der Waals surface area (Å²) in [5, 5.41) is 4.63. The Morgan fingerprint density at radius 3 is 3.00 bits per heavy atom. The van der Waals surface area contributed by atoms with Crippen molar-refractivity contribution in [2.45, 2.75) is 30.0 Å². The number of hydrogen-bond donors (Lipinski definition) is 1. The minimum atomic E-state index is -0.532. The molecule has 0 radical (unpaired) electrons. The van der Waals surface area contributed by atoms with Gasteiger partial charge >= 0.3 is 0 Å². The fourth-order valence-corrected chi connectivity index (χ4v) is 4.53. The third-order valence-electron chi connectivity index (χ3n) is 3.97. The van der Waals surface area contributed by atoms with Crippen molar-refractivity contribution in [3.63, 3.8) is 0 Å². The summed E-state index contributed by atoms with van der Waals surface area (Å²) in [5.41, 5.74) is 1.45. The fourth-order valence-electron chi connectivity index (χ4n) is 2.77. The molecule has 6 heteroatoms. The van der Waals surface area contributed by atoms with E-state index < -0.39 is 4.33 Å². The van der Waals surface area contributed by atoms with E-state index in [4.69, 9.17) is 23.2 Å². The lowest BCUT2D eigenvalue weighted by Gasteiger charge is -2.07. The predicted molar refractivity (Wildman–Crippen MR) is 80.5 cm³/mol. The normalized spacial score (nSPS) is 23.6. The van der Waals surface area contributed by atoms with Gasteiger partial charge in [-0.3, -0.25) is 0 Å². The van der Waals surface area contributed by atoms with Crippen LogP contribution < -0.4 is 5.32 Å². The summed E-state index contributed by atoms with van der Waals surface area (Å²) in [6.07, 6.45) is 6.08. The lowest BCUT2D eigenvalue weighted by Crippen LogP contribution is -2.09. The molecule has 0 aliphatic heterocycles. The third kappa shape index (κ3) is 2.01. The number of thiophene rings is 1. The van der Waals surface area contributed by atoms with E-state index in [2.05, 4.69) is 15.3 Å². The maximum absolute atomic E-state index is 6.06. The first-order chi connectivity index (χ1) is 9.15. The molecule has 3 nitrogen and oxygen atoms in total. The van der Waals surface area contributed by atoms with Crippen LogP contribution in [0.4, 0.5) is 5.82 Å². The van der Waals surface area contributed by atoms with Crippen LogP contribution in [0.25, 0.3) is 10.2 Å². The largest absolute Gasteiger partial charge is 0.369 e. The minimum absolute atomic E-state index is 0.326. The number of rotatable bonds is 3. The summed E-state index contributed by atoms with van der Waals surface area (Å²) in [4.78, 5) is 11.4. The van der Waals surface area contributed by atoms with Crippen molar-refractivity contribution in [1.82, 2.24) is 9.97 Å². The number of anilines is 1. The van der Waals surface area contributed by atoms with Crippen LogP contribution in [0.15, 0.2) is 6.33 Å². The van der Waals surface area contributed by atoms with Crippen LogP contribution in [0.2, 0.25) is 0 Å². The molecule has 2 aliphatic carbocycles. The van der Waals surface area contributed by atoms with Gasteiger partial charge in [0, 0.05) is 17.3 Å². The first-order valence-electron chi connectivity index (χ1n) is 6.52. The number of nitrogens with one attached hydrogen (secondary N) is 1. The second-order valence-corrected chi connectivity index (χ2v) is 7.93. The van der Waals surface area contributed by atoms with E-state index in [0.29, 0.717) is 5.92 Å². The molecule has 0 bridgehead atoms. The van der Waals surface area contributed by atoms with Gasteiger partial charge in [-0.15, -0.1) is 34.5 Å². The maximum Gasteiger partial charge on any atom is 0.138 e. The van der Waals surface area contributed by atoms with Crippen molar-refractivity contribution in [1.29, 1.82) is 0 Å². The molecule has 0 saturated heterocycles. The van der Waals surface area contributed by atoms with E-state index in [1.54, 1.807) is 17.7 Å². The van der Waals surface area contributed by atoms with E-state index in [1.165, 1.54) is 28.7 Å². The van der Waals surface area contributed by atoms with Crippen molar-refractivity contribution < 1.29 is 0 Å². The second kappa shape index (κ2) is 4.21. The molecule has 1 fully saturated rings. The van der Waals surface area contributed by atoms with Crippen molar-refractivity contribution in [2.75, 3.05) is 11.9 Å². The zero-order valence-electron chi connectivity index (χ0n) is 10.2. The lowest BCUT2D eigenvalue weighted by molar-refractivity contribution is 0.869. The zero-order chi connectivity index (χ0) is 13.0. The van der Waals surface area contributed by atoms with Gasteiger partial charge in [0.05, 0.1) is 5.39 Å². The molecular weight excluding hydrogens is 301 g/mol. The Hall–Kier alpha value is -0.580. The average molecular weight is 314 g/mol. The number of aromatic nitrogens is 2. The highest BCUT2D eigenvalue weighted by atomic mass is 35.5.